The third-order valence-corrected chi connectivity index (χ3v) is 5.57. The predicted octanol–water partition coefficient (Wildman–Crippen LogP) is 0.0776. The van der Waals surface area contributed by atoms with Crippen LogP contribution in [-0.4, -0.2) is 54.8 Å². The van der Waals surface area contributed by atoms with Crippen LogP contribution >= 0.6 is 0 Å². The SMILES string of the molecule is Cc1cn2cc(C(=O)N[C@H]3[C@H]4CCO[C@H]4[C@@H]3NS(C)(=O)=O)ccc2n1. The van der Waals surface area contributed by atoms with Crippen LogP contribution in [0.5, 0.6) is 0 Å². The highest BCUT2D eigenvalue weighted by Gasteiger charge is 2.55. The Morgan fingerprint density at radius 3 is 2.88 bits per heavy atom. The molecule has 8 nitrogen and oxygen atoms in total. The number of imidazole rings is 1. The van der Waals surface area contributed by atoms with Crippen molar-refractivity contribution >= 4 is 21.6 Å². The Hall–Kier alpha value is -1.97. The zero-order chi connectivity index (χ0) is 17.8. The number of carbonyl (C=O) groups excluding carboxylic acids is 1. The van der Waals surface area contributed by atoms with Gasteiger partial charge in [0.25, 0.3) is 5.91 Å². The number of carbonyl (C=O) groups is 1. The summed E-state index contributed by atoms with van der Waals surface area (Å²) in [4.78, 5) is 17.0. The Kier molecular flexibility index (Phi) is 3.82. The Bertz CT molecular complexity index is 939. The summed E-state index contributed by atoms with van der Waals surface area (Å²) in [6, 6.07) is 2.81. The van der Waals surface area contributed by atoms with E-state index in [4.69, 9.17) is 4.74 Å². The van der Waals surface area contributed by atoms with Gasteiger partial charge in [0.05, 0.1) is 35.7 Å². The van der Waals surface area contributed by atoms with Crippen molar-refractivity contribution in [1.29, 1.82) is 0 Å². The molecule has 2 aromatic rings. The molecule has 0 bridgehead atoms. The quantitative estimate of drug-likeness (QED) is 0.800. The van der Waals surface area contributed by atoms with Gasteiger partial charge in [0.15, 0.2) is 0 Å². The lowest BCUT2D eigenvalue weighted by Crippen LogP contribution is -2.70. The molecule has 25 heavy (non-hydrogen) atoms. The molecule has 134 valence electrons. The molecule has 4 atom stereocenters. The number of amides is 1. The van der Waals surface area contributed by atoms with E-state index in [2.05, 4.69) is 15.0 Å². The number of aromatic nitrogens is 2. The summed E-state index contributed by atoms with van der Waals surface area (Å²) in [5, 5.41) is 2.97. The van der Waals surface area contributed by atoms with Crippen LogP contribution in [0.1, 0.15) is 22.5 Å². The Morgan fingerprint density at radius 1 is 1.32 bits per heavy atom. The molecule has 4 rings (SSSR count). The summed E-state index contributed by atoms with van der Waals surface area (Å²) in [6.45, 7) is 2.48. The van der Waals surface area contributed by atoms with Crippen LogP contribution in [0.25, 0.3) is 5.65 Å². The highest BCUT2D eigenvalue weighted by molar-refractivity contribution is 7.88. The molecule has 2 N–H and O–H groups in total. The van der Waals surface area contributed by atoms with Gasteiger partial charge in [0, 0.05) is 24.9 Å². The van der Waals surface area contributed by atoms with E-state index in [0.717, 1.165) is 24.0 Å². The number of pyridine rings is 1. The van der Waals surface area contributed by atoms with E-state index >= 15 is 0 Å². The van der Waals surface area contributed by atoms with Crippen LogP contribution in [0.2, 0.25) is 0 Å². The molecule has 1 aliphatic heterocycles. The van der Waals surface area contributed by atoms with Gasteiger partial charge in [0.1, 0.15) is 5.65 Å². The molecule has 0 spiro atoms. The maximum atomic E-state index is 12.6. The van der Waals surface area contributed by atoms with Gasteiger partial charge in [-0.3, -0.25) is 4.79 Å². The topological polar surface area (TPSA) is 102 Å². The lowest BCUT2D eigenvalue weighted by molar-refractivity contribution is -0.0194. The first kappa shape index (κ1) is 16.5. The molecule has 2 fully saturated rings. The summed E-state index contributed by atoms with van der Waals surface area (Å²) in [7, 11) is -3.38. The van der Waals surface area contributed by atoms with Crippen LogP contribution in [0, 0.1) is 12.8 Å². The van der Waals surface area contributed by atoms with E-state index < -0.39 is 16.1 Å². The number of sulfonamides is 1. The summed E-state index contributed by atoms with van der Waals surface area (Å²) < 4.78 is 33.2. The molecule has 2 aliphatic rings. The molecule has 1 amide bonds. The van der Waals surface area contributed by atoms with Gasteiger partial charge in [-0.25, -0.2) is 18.1 Å². The fourth-order valence-corrected chi connectivity index (χ4v) is 4.55. The maximum absolute atomic E-state index is 12.6. The van der Waals surface area contributed by atoms with E-state index in [1.165, 1.54) is 0 Å². The first-order valence-corrected chi connectivity index (χ1v) is 10.1. The Morgan fingerprint density at radius 2 is 2.12 bits per heavy atom. The minimum absolute atomic E-state index is 0.141. The summed E-state index contributed by atoms with van der Waals surface area (Å²) in [5.41, 5.74) is 2.16. The molecule has 0 radical (unpaired) electrons. The third kappa shape index (κ3) is 3.03. The lowest BCUT2D eigenvalue weighted by Gasteiger charge is -2.47. The number of hydrogen-bond donors (Lipinski definition) is 2. The third-order valence-electron chi connectivity index (χ3n) is 4.87. The standard InChI is InChI=1S/C16H20N4O4S/c1-9-7-20-8-10(3-4-12(20)17-9)16(21)18-13-11-5-6-24-15(11)14(13)19-25(2,22)23/h3-4,7-8,11,13-15,19H,5-6H2,1-2H3,(H,18,21)/t11-,13+,14-,15-/m1/s1. The van der Waals surface area contributed by atoms with E-state index in [1.807, 2.05) is 13.1 Å². The number of hydrogen-bond acceptors (Lipinski definition) is 5. The smallest absolute Gasteiger partial charge is 0.253 e. The van der Waals surface area contributed by atoms with Gasteiger partial charge in [-0.2, -0.15) is 0 Å². The van der Waals surface area contributed by atoms with Gasteiger partial charge >= 0.3 is 0 Å². The zero-order valence-electron chi connectivity index (χ0n) is 14.0. The molecular weight excluding hydrogens is 344 g/mol. The lowest BCUT2D eigenvalue weighted by atomic mass is 9.72. The van der Waals surface area contributed by atoms with E-state index in [1.54, 1.807) is 22.7 Å². The molecule has 1 aliphatic carbocycles. The van der Waals surface area contributed by atoms with Crippen LogP contribution < -0.4 is 10.0 Å². The second-order valence-corrected chi connectivity index (χ2v) is 8.55. The van der Waals surface area contributed by atoms with Gasteiger partial charge in [-0.15, -0.1) is 0 Å². The molecule has 0 unspecified atom stereocenters. The molecule has 3 heterocycles. The molecule has 1 saturated heterocycles. The van der Waals surface area contributed by atoms with Crippen molar-refractivity contribution in [1.82, 2.24) is 19.4 Å². The Labute approximate surface area is 145 Å². The minimum Gasteiger partial charge on any atom is -0.376 e. The molecule has 0 aromatic carbocycles. The van der Waals surface area contributed by atoms with Crippen molar-refractivity contribution in [3.8, 4) is 0 Å². The van der Waals surface area contributed by atoms with Gasteiger partial charge in [-0.1, -0.05) is 0 Å². The second kappa shape index (κ2) is 5.79. The first-order chi connectivity index (χ1) is 11.8. The number of nitrogens with zero attached hydrogens (tertiary/aromatic N) is 2. The van der Waals surface area contributed by atoms with E-state index in [0.29, 0.717) is 12.2 Å². The Balaban J connectivity index is 1.53. The van der Waals surface area contributed by atoms with Crippen LogP contribution in [0.3, 0.4) is 0 Å². The number of rotatable bonds is 4. The monoisotopic (exact) mass is 364 g/mol. The number of fused-ring (bicyclic) bond motifs is 2. The average molecular weight is 364 g/mol. The van der Waals surface area contributed by atoms with Gasteiger partial charge < -0.3 is 14.5 Å². The summed E-state index contributed by atoms with van der Waals surface area (Å²) in [6.07, 6.45) is 5.34. The second-order valence-electron chi connectivity index (χ2n) is 6.77. The van der Waals surface area contributed by atoms with Gasteiger partial charge in [-0.05, 0) is 25.5 Å². The van der Waals surface area contributed by atoms with Gasteiger partial charge in [0.2, 0.25) is 10.0 Å². The van der Waals surface area contributed by atoms with Crippen LogP contribution in [0.4, 0.5) is 0 Å². The van der Waals surface area contributed by atoms with Crippen LogP contribution in [0.15, 0.2) is 24.5 Å². The van der Waals surface area contributed by atoms with Crippen molar-refractivity contribution in [3.05, 3.63) is 35.8 Å². The number of ether oxygens (including phenoxy) is 1. The van der Waals surface area contributed by atoms with Crippen molar-refractivity contribution < 1.29 is 17.9 Å². The highest BCUT2D eigenvalue weighted by Crippen LogP contribution is 2.39. The zero-order valence-corrected chi connectivity index (χ0v) is 14.8. The number of aryl methyl sites for hydroxylation is 1. The van der Waals surface area contributed by atoms with E-state index in [-0.39, 0.29) is 24.0 Å². The van der Waals surface area contributed by atoms with Crippen molar-refractivity contribution in [2.75, 3.05) is 12.9 Å². The fraction of sp³-hybridized carbons (Fsp3) is 0.500. The summed E-state index contributed by atoms with van der Waals surface area (Å²) in [5.74, 6) is -0.0914. The summed E-state index contributed by atoms with van der Waals surface area (Å²) >= 11 is 0. The molecule has 2 aromatic heterocycles. The highest BCUT2D eigenvalue weighted by atomic mass is 32.2. The minimum atomic E-state index is -3.38. The molecule has 9 heteroatoms. The fourth-order valence-electron chi connectivity index (χ4n) is 3.78. The average Bonchev–Trinajstić information content (AvgIpc) is 3.11. The maximum Gasteiger partial charge on any atom is 0.253 e. The normalized spacial score (nSPS) is 28.6. The first-order valence-electron chi connectivity index (χ1n) is 8.17. The predicted molar refractivity (Wildman–Crippen MR) is 90.8 cm³/mol. The van der Waals surface area contributed by atoms with Crippen molar-refractivity contribution in [2.45, 2.75) is 31.5 Å². The molecular formula is C16H20N4O4S. The van der Waals surface area contributed by atoms with E-state index in [9.17, 15) is 13.2 Å². The van der Waals surface area contributed by atoms with Crippen molar-refractivity contribution in [2.24, 2.45) is 5.92 Å². The largest absolute Gasteiger partial charge is 0.376 e. The van der Waals surface area contributed by atoms with Crippen molar-refractivity contribution in [3.63, 3.8) is 0 Å². The number of nitrogens with one attached hydrogen (secondary N) is 2. The molecule has 1 saturated carbocycles. The van der Waals surface area contributed by atoms with Crippen LogP contribution in [-0.2, 0) is 14.8 Å².